The van der Waals surface area contributed by atoms with Crippen LogP contribution in [0.3, 0.4) is 0 Å². The molecule has 1 aliphatic rings. The maximum Gasteiger partial charge on any atom is 0.244 e. The number of carbonyl (C=O) groups excluding carboxylic acids is 1. The molecule has 0 aliphatic carbocycles. The Morgan fingerprint density at radius 1 is 1.03 bits per heavy atom. The Hall–Kier alpha value is -2.18. The minimum Gasteiger partial charge on any atom is -0.342 e. The lowest BCUT2D eigenvalue weighted by Crippen LogP contribution is -2.46. The third kappa shape index (κ3) is 5.74. The van der Waals surface area contributed by atoms with E-state index < -0.39 is 10.0 Å². The third-order valence-corrected chi connectivity index (χ3v) is 8.29. The summed E-state index contributed by atoms with van der Waals surface area (Å²) < 4.78 is 28.8. The van der Waals surface area contributed by atoms with E-state index in [4.69, 9.17) is 0 Å². The lowest BCUT2D eigenvalue weighted by atomic mass is 9.99. The van der Waals surface area contributed by atoms with Crippen LogP contribution >= 0.6 is 0 Å². The lowest BCUT2D eigenvalue weighted by molar-refractivity contribution is -0.132. The van der Waals surface area contributed by atoms with Crippen molar-refractivity contribution < 1.29 is 13.2 Å². The Morgan fingerprint density at radius 2 is 1.61 bits per heavy atom. The van der Waals surface area contributed by atoms with Gasteiger partial charge in [-0.3, -0.25) is 4.79 Å². The number of aryl methyl sites for hydroxylation is 3. The highest BCUT2D eigenvalue weighted by Gasteiger charge is 2.31. The van der Waals surface area contributed by atoms with Gasteiger partial charge in [0.15, 0.2) is 0 Å². The quantitative estimate of drug-likeness (QED) is 0.649. The number of rotatable bonds is 7. The van der Waals surface area contributed by atoms with E-state index in [-0.39, 0.29) is 19.0 Å². The molecule has 0 N–H and O–H groups in total. The fourth-order valence-corrected chi connectivity index (χ4v) is 6.20. The molecule has 0 radical (unpaired) electrons. The van der Waals surface area contributed by atoms with Crippen LogP contribution in [0.2, 0.25) is 0 Å². The van der Waals surface area contributed by atoms with Crippen LogP contribution in [0, 0.1) is 26.7 Å². The standard InChI is InChI=1S/C25H34N2O3S/c1-19-10-13-26(14-11-19)24(28)18-27(15-12-23-8-6-5-7-9-23)31(29,30)25-21(3)16-20(2)17-22(25)4/h5-9,16-17,19H,10-15,18H2,1-4H3. The van der Waals surface area contributed by atoms with E-state index in [0.717, 1.165) is 35.1 Å². The summed E-state index contributed by atoms with van der Waals surface area (Å²) in [6.07, 6.45) is 2.51. The van der Waals surface area contributed by atoms with Crippen LogP contribution in [0.15, 0.2) is 47.4 Å². The molecular formula is C25H34N2O3S. The summed E-state index contributed by atoms with van der Waals surface area (Å²) in [5.41, 5.74) is 3.53. The van der Waals surface area contributed by atoms with E-state index in [2.05, 4.69) is 6.92 Å². The molecular weight excluding hydrogens is 408 g/mol. The van der Waals surface area contributed by atoms with Gasteiger partial charge in [-0.1, -0.05) is 55.0 Å². The monoisotopic (exact) mass is 442 g/mol. The van der Waals surface area contributed by atoms with E-state index >= 15 is 0 Å². The van der Waals surface area contributed by atoms with E-state index in [1.807, 2.05) is 68.1 Å². The van der Waals surface area contributed by atoms with Crippen LogP contribution < -0.4 is 0 Å². The smallest absolute Gasteiger partial charge is 0.244 e. The van der Waals surface area contributed by atoms with Crippen molar-refractivity contribution in [3.05, 3.63) is 64.7 Å². The molecule has 1 heterocycles. The van der Waals surface area contributed by atoms with E-state index in [0.29, 0.717) is 30.3 Å². The predicted molar refractivity (Wildman–Crippen MR) is 125 cm³/mol. The number of hydrogen-bond acceptors (Lipinski definition) is 3. The van der Waals surface area contributed by atoms with Gasteiger partial charge in [-0.2, -0.15) is 4.31 Å². The first kappa shape index (κ1) is 23.5. The number of likely N-dealkylation sites (tertiary alicyclic amines) is 1. The number of hydrogen-bond donors (Lipinski definition) is 0. The first-order valence-corrected chi connectivity index (χ1v) is 12.5. The summed E-state index contributed by atoms with van der Waals surface area (Å²) >= 11 is 0. The number of carbonyl (C=O) groups is 1. The highest BCUT2D eigenvalue weighted by Crippen LogP contribution is 2.26. The highest BCUT2D eigenvalue weighted by atomic mass is 32.2. The normalized spacial score (nSPS) is 15.5. The van der Waals surface area contributed by atoms with Crippen molar-refractivity contribution in [2.45, 2.75) is 51.9 Å². The van der Waals surface area contributed by atoms with Gasteiger partial charge >= 0.3 is 0 Å². The molecule has 1 fully saturated rings. The van der Waals surface area contributed by atoms with E-state index in [9.17, 15) is 13.2 Å². The Morgan fingerprint density at radius 3 is 2.19 bits per heavy atom. The highest BCUT2D eigenvalue weighted by molar-refractivity contribution is 7.89. The van der Waals surface area contributed by atoms with Crippen molar-refractivity contribution in [2.75, 3.05) is 26.2 Å². The molecule has 1 amide bonds. The maximum atomic E-state index is 13.7. The largest absolute Gasteiger partial charge is 0.342 e. The zero-order chi connectivity index (χ0) is 22.6. The van der Waals surface area contributed by atoms with Crippen molar-refractivity contribution in [3.8, 4) is 0 Å². The number of nitrogens with zero attached hydrogens (tertiary/aromatic N) is 2. The number of piperidine rings is 1. The predicted octanol–water partition coefficient (Wildman–Crippen LogP) is 4.10. The topological polar surface area (TPSA) is 57.7 Å². The molecule has 31 heavy (non-hydrogen) atoms. The van der Waals surface area contributed by atoms with Gasteiger partial charge in [0.25, 0.3) is 0 Å². The van der Waals surface area contributed by atoms with Crippen LogP contribution in [0.4, 0.5) is 0 Å². The SMILES string of the molecule is Cc1cc(C)c(S(=O)(=O)N(CCc2ccccc2)CC(=O)N2CCC(C)CC2)c(C)c1. The first-order chi connectivity index (χ1) is 14.7. The van der Waals surface area contributed by atoms with Gasteiger partial charge < -0.3 is 4.90 Å². The van der Waals surface area contributed by atoms with Crippen LogP contribution in [0.1, 0.15) is 42.0 Å². The lowest BCUT2D eigenvalue weighted by Gasteiger charge is -2.32. The summed E-state index contributed by atoms with van der Waals surface area (Å²) in [5.74, 6) is 0.505. The Labute approximate surface area is 187 Å². The average molecular weight is 443 g/mol. The van der Waals surface area contributed by atoms with Crippen molar-refractivity contribution in [1.82, 2.24) is 9.21 Å². The fraction of sp³-hybridized carbons (Fsp3) is 0.480. The number of benzene rings is 2. The van der Waals surface area contributed by atoms with Crippen LogP contribution in [-0.2, 0) is 21.2 Å². The van der Waals surface area contributed by atoms with E-state index in [1.54, 1.807) is 0 Å². The van der Waals surface area contributed by atoms with Gasteiger partial charge in [0.1, 0.15) is 0 Å². The summed E-state index contributed by atoms with van der Waals surface area (Å²) in [4.78, 5) is 15.2. The number of sulfonamides is 1. The molecule has 168 valence electrons. The molecule has 0 bridgehead atoms. The molecule has 0 aromatic heterocycles. The second kappa shape index (κ2) is 9.96. The van der Waals surface area contributed by atoms with Gasteiger partial charge in [0.05, 0.1) is 11.4 Å². The Balaban J connectivity index is 1.88. The van der Waals surface area contributed by atoms with Gasteiger partial charge in [0.2, 0.25) is 15.9 Å². The molecule has 0 saturated carbocycles. The fourth-order valence-electron chi connectivity index (χ4n) is 4.39. The molecule has 0 unspecified atom stereocenters. The molecule has 0 atom stereocenters. The molecule has 2 aromatic rings. The zero-order valence-corrected chi connectivity index (χ0v) is 19.9. The molecule has 1 saturated heterocycles. The molecule has 2 aromatic carbocycles. The molecule has 3 rings (SSSR count). The van der Waals surface area contributed by atoms with Crippen molar-refractivity contribution in [3.63, 3.8) is 0 Å². The Kier molecular flexibility index (Phi) is 7.55. The second-order valence-electron chi connectivity index (χ2n) is 8.87. The average Bonchev–Trinajstić information content (AvgIpc) is 2.71. The zero-order valence-electron chi connectivity index (χ0n) is 19.1. The van der Waals surface area contributed by atoms with Crippen molar-refractivity contribution >= 4 is 15.9 Å². The van der Waals surface area contributed by atoms with Crippen LogP contribution in [0.5, 0.6) is 0 Å². The van der Waals surface area contributed by atoms with Crippen molar-refractivity contribution in [2.24, 2.45) is 5.92 Å². The van der Waals surface area contributed by atoms with E-state index in [1.165, 1.54) is 4.31 Å². The minimum absolute atomic E-state index is 0.106. The summed E-state index contributed by atoms with van der Waals surface area (Å²) in [6, 6.07) is 13.6. The summed E-state index contributed by atoms with van der Waals surface area (Å²) in [7, 11) is -3.81. The summed E-state index contributed by atoms with van der Waals surface area (Å²) in [6.45, 7) is 9.38. The molecule has 0 spiro atoms. The molecule has 5 nitrogen and oxygen atoms in total. The number of amides is 1. The molecule has 6 heteroatoms. The second-order valence-corrected chi connectivity index (χ2v) is 10.7. The van der Waals surface area contributed by atoms with Gasteiger partial charge in [-0.25, -0.2) is 8.42 Å². The third-order valence-electron chi connectivity index (χ3n) is 6.14. The van der Waals surface area contributed by atoms with Crippen molar-refractivity contribution in [1.29, 1.82) is 0 Å². The molecule has 1 aliphatic heterocycles. The van der Waals surface area contributed by atoms with Crippen LogP contribution in [0.25, 0.3) is 0 Å². The Bertz CT molecular complexity index is 987. The minimum atomic E-state index is -3.81. The first-order valence-electron chi connectivity index (χ1n) is 11.1. The van der Waals surface area contributed by atoms with Crippen LogP contribution in [-0.4, -0.2) is 49.7 Å². The maximum absolute atomic E-state index is 13.7. The summed E-state index contributed by atoms with van der Waals surface area (Å²) in [5, 5.41) is 0. The van der Waals surface area contributed by atoms with Gasteiger partial charge in [0, 0.05) is 19.6 Å². The van der Waals surface area contributed by atoms with Gasteiger partial charge in [-0.05, 0) is 62.6 Å². The van der Waals surface area contributed by atoms with Gasteiger partial charge in [-0.15, -0.1) is 0 Å².